The molecule has 0 aliphatic carbocycles. The highest BCUT2D eigenvalue weighted by Crippen LogP contribution is 2.24. The lowest BCUT2D eigenvalue weighted by atomic mass is 10.1. The minimum absolute atomic E-state index is 0.193. The molecule has 0 bridgehead atoms. The second-order valence-electron chi connectivity index (χ2n) is 5.91. The minimum Gasteiger partial charge on any atom is -0.464 e. The average Bonchev–Trinajstić information content (AvgIpc) is 3.03. The van der Waals surface area contributed by atoms with E-state index in [1.807, 2.05) is 12.1 Å². The predicted molar refractivity (Wildman–Crippen MR) is 92.5 cm³/mol. The maximum absolute atomic E-state index is 14.0. The van der Waals surface area contributed by atoms with Crippen LogP contribution in [0.1, 0.15) is 22.3 Å². The third-order valence-electron chi connectivity index (χ3n) is 4.02. The predicted octanol–water partition coefficient (Wildman–Crippen LogP) is 2.16. The summed E-state index contributed by atoms with van der Waals surface area (Å²) >= 11 is 0. The third-order valence-corrected chi connectivity index (χ3v) is 4.02. The highest BCUT2D eigenvalue weighted by atomic mass is 19.1. The lowest BCUT2D eigenvalue weighted by Crippen LogP contribution is -2.38. The first-order valence-electron chi connectivity index (χ1n) is 8.31. The number of ether oxygens (including phenoxy) is 2. The van der Waals surface area contributed by atoms with Gasteiger partial charge in [-0.25, -0.2) is 9.18 Å². The fraction of sp³-hybridized carbons (Fsp3) is 0.263. The van der Waals surface area contributed by atoms with Gasteiger partial charge in [0.05, 0.1) is 12.2 Å². The van der Waals surface area contributed by atoms with Gasteiger partial charge < -0.3 is 20.5 Å². The molecule has 7 heteroatoms. The molecule has 6 nitrogen and oxygen atoms in total. The van der Waals surface area contributed by atoms with Gasteiger partial charge in [-0.3, -0.25) is 4.79 Å². The minimum atomic E-state index is -0.749. The monoisotopic (exact) mass is 358 g/mol. The van der Waals surface area contributed by atoms with Crippen molar-refractivity contribution in [1.29, 1.82) is 0 Å². The number of rotatable bonds is 6. The van der Waals surface area contributed by atoms with Gasteiger partial charge in [-0.05, 0) is 48.9 Å². The van der Waals surface area contributed by atoms with Crippen LogP contribution < -0.4 is 15.8 Å². The van der Waals surface area contributed by atoms with E-state index in [-0.39, 0.29) is 12.2 Å². The second-order valence-corrected chi connectivity index (χ2v) is 5.91. The van der Waals surface area contributed by atoms with Gasteiger partial charge in [0, 0.05) is 6.42 Å². The molecule has 1 atom stereocenters. The van der Waals surface area contributed by atoms with Gasteiger partial charge in [-0.2, -0.15) is 0 Å². The molecule has 2 aromatic rings. The summed E-state index contributed by atoms with van der Waals surface area (Å²) in [7, 11) is 0. The first-order valence-corrected chi connectivity index (χ1v) is 8.31. The maximum Gasteiger partial charge on any atom is 0.328 e. The van der Waals surface area contributed by atoms with E-state index in [9.17, 15) is 14.0 Å². The summed E-state index contributed by atoms with van der Waals surface area (Å²) < 4.78 is 24.5. The van der Waals surface area contributed by atoms with Gasteiger partial charge in [0.2, 0.25) is 0 Å². The Hall–Kier alpha value is -2.93. The van der Waals surface area contributed by atoms with E-state index in [0.29, 0.717) is 24.5 Å². The number of carbonyl (C=O) groups excluding carboxylic acids is 2. The lowest BCUT2D eigenvalue weighted by Gasteiger charge is -2.11. The smallest absolute Gasteiger partial charge is 0.328 e. The molecular weight excluding hydrogens is 339 g/mol. The van der Waals surface area contributed by atoms with E-state index in [1.165, 1.54) is 12.1 Å². The molecule has 3 rings (SSSR count). The number of amides is 1. The Morgan fingerprint density at radius 3 is 2.62 bits per heavy atom. The van der Waals surface area contributed by atoms with Crippen molar-refractivity contribution in [3.63, 3.8) is 0 Å². The molecule has 136 valence electrons. The van der Waals surface area contributed by atoms with Crippen molar-refractivity contribution >= 4 is 11.9 Å². The van der Waals surface area contributed by atoms with E-state index in [1.54, 1.807) is 12.1 Å². The van der Waals surface area contributed by atoms with Crippen LogP contribution >= 0.6 is 0 Å². The fourth-order valence-electron chi connectivity index (χ4n) is 2.63. The van der Waals surface area contributed by atoms with Crippen LogP contribution in [0.15, 0.2) is 42.5 Å². The zero-order valence-electron chi connectivity index (χ0n) is 14.0. The molecule has 1 fully saturated rings. The number of esters is 1. The number of halogens is 1. The molecular formula is C19H19FN2O4. The molecule has 0 radical (unpaired) electrons. The first-order chi connectivity index (χ1) is 12.6. The van der Waals surface area contributed by atoms with Crippen molar-refractivity contribution < 1.29 is 23.5 Å². The molecule has 2 aromatic carbocycles. The highest BCUT2D eigenvalue weighted by Gasteiger charge is 2.29. The Morgan fingerprint density at radius 2 is 1.96 bits per heavy atom. The Bertz CT molecular complexity index is 808. The van der Waals surface area contributed by atoms with E-state index in [0.717, 1.165) is 18.1 Å². The molecule has 26 heavy (non-hydrogen) atoms. The van der Waals surface area contributed by atoms with E-state index >= 15 is 0 Å². The van der Waals surface area contributed by atoms with Crippen molar-refractivity contribution in [1.82, 2.24) is 5.32 Å². The van der Waals surface area contributed by atoms with Crippen molar-refractivity contribution in [3.05, 3.63) is 59.4 Å². The number of nitrogens with two attached hydrogens (primary N) is 1. The Balaban J connectivity index is 1.72. The van der Waals surface area contributed by atoms with Crippen LogP contribution in [0.4, 0.5) is 4.39 Å². The fourth-order valence-corrected chi connectivity index (χ4v) is 2.63. The van der Waals surface area contributed by atoms with E-state index in [2.05, 4.69) is 5.32 Å². The summed E-state index contributed by atoms with van der Waals surface area (Å²) in [6, 6.07) is 10.5. The Morgan fingerprint density at radius 1 is 1.23 bits per heavy atom. The standard InChI is InChI=1S/C19H19FN2O4/c20-16-6-5-14(26-13-3-1-12(2-4-13)7-9-21)11-15(16)18(23)22-17-8-10-25-19(17)24/h1-6,11,17H,7-10,21H2,(H,22,23). The number of cyclic esters (lactones) is 1. The summed E-state index contributed by atoms with van der Waals surface area (Å²) in [4.78, 5) is 23.7. The van der Waals surface area contributed by atoms with Crippen molar-refractivity contribution in [2.45, 2.75) is 18.9 Å². The summed E-state index contributed by atoms with van der Waals surface area (Å²) in [5.74, 6) is -1.02. The summed E-state index contributed by atoms with van der Waals surface area (Å²) in [5, 5.41) is 2.48. The van der Waals surface area contributed by atoms with E-state index in [4.69, 9.17) is 15.2 Å². The molecule has 3 N–H and O–H groups in total. The van der Waals surface area contributed by atoms with Crippen LogP contribution in [0.3, 0.4) is 0 Å². The molecule has 1 amide bonds. The molecule has 1 unspecified atom stereocenters. The van der Waals surface area contributed by atoms with Gasteiger partial charge in [-0.15, -0.1) is 0 Å². The van der Waals surface area contributed by atoms with Crippen molar-refractivity contribution in [2.75, 3.05) is 13.2 Å². The largest absolute Gasteiger partial charge is 0.464 e. The average molecular weight is 358 g/mol. The second kappa shape index (κ2) is 7.97. The van der Waals surface area contributed by atoms with Crippen LogP contribution in [0.5, 0.6) is 11.5 Å². The van der Waals surface area contributed by atoms with Gasteiger partial charge in [0.15, 0.2) is 0 Å². The maximum atomic E-state index is 14.0. The number of hydrogen-bond donors (Lipinski definition) is 2. The third kappa shape index (κ3) is 4.18. The summed E-state index contributed by atoms with van der Waals surface area (Å²) in [6.07, 6.45) is 1.14. The van der Waals surface area contributed by atoms with E-state index < -0.39 is 23.7 Å². The summed E-state index contributed by atoms with van der Waals surface area (Å²) in [5.41, 5.74) is 6.41. The van der Waals surface area contributed by atoms with Crippen LogP contribution in [0.2, 0.25) is 0 Å². The van der Waals surface area contributed by atoms with Crippen LogP contribution in [0.25, 0.3) is 0 Å². The first kappa shape index (κ1) is 17.9. The molecule has 0 saturated carbocycles. The van der Waals surface area contributed by atoms with Crippen LogP contribution in [-0.4, -0.2) is 31.1 Å². The zero-order valence-corrected chi connectivity index (χ0v) is 14.0. The molecule has 0 spiro atoms. The number of hydrogen-bond acceptors (Lipinski definition) is 5. The topological polar surface area (TPSA) is 90.7 Å². The lowest BCUT2D eigenvalue weighted by molar-refractivity contribution is -0.139. The van der Waals surface area contributed by atoms with Gasteiger partial charge in [0.25, 0.3) is 5.91 Å². The number of benzene rings is 2. The molecule has 1 aliphatic rings. The van der Waals surface area contributed by atoms with Crippen LogP contribution in [0, 0.1) is 5.82 Å². The van der Waals surface area contributed by atoms with Gasteiger partial charge in [0.1, 0.15) is 23.4 Å². The normalized spacial score (nSPS) is 16.2. The highest BCUT2D eigenvalue weighted by molar-refractivity contribution is 5.97. The quantitative estimate of drug-likeness (QED) is 0.773. The molecule has 1 heterocycles. The number of carbonyl (C=O) groups is 2. The molecule has 0 aromatic heterocycles. The summed E-state index contributed by atoms with van der Waals surface area (Å²) in [6.45, 7) is 0.806. The van der Waals surface area contributed by atoms with Gasteiger partial charge in [-0.1, -0.05) is 12.1 Å². The van der Waals surface area contributed by atoms with Gasteiger partial charge >= 0.3 is 5.97 Å². The van der Waals surface area contributed by atoms with Crippen molar-refractivity contribution in [3.8, 4) is 11.5 Å². The molecule has 1 aliphatic heterocycles. The SMILES string of the molecule is NCCc1ccc(Oc2ccc(F)c(C(=O)NC3CCOC3=O)c2)cc1. The number of nitrogens with one attached hydrogen (secondary N) is 1. The Kier molecular flexibility index (Phi) is 5.48. The zero-order chi connectivity index (χ0) is 18.5. The van der Waals surface area contributed by atoms with Crippen molar-refractivity contribution in [2.24, 2.45) is 5.73 Å². The van der Waals surface area contributed by atoms with Crippen LogP contribution in [-0.2, 0) is 16.0 Å². The molecule has 1 saturated heterocycles. The Labute approximate surface area is 150 Å².